The molecule has 110 valence electrons. The molecule has 1 amide bonds. The number of carbonyl (C=O) groups excluding carboxylic acids is 1. The van der Waals surface area contributed by atoms with Crippen molar-refractivity contribution in [1.82, 2.24) is 0 Å². The Morgan fingerprint density at radius 2 is 1.76 bits per heavy atom. The Morgan fingerprint density at radius 3 is 2.38 bits per heavy atom. The van der Waals surface area contributed by atoms with Gasteiger partial charge in [0, 0.05) is 10.6 Å². The molecule has 0 aliphatic rings. The third kappa shape index (κ3) is 4.45. The number of hydrogen-bond acceptors (Lipinski definition) is 3. The first-order valence-electron chi connectivity index (χ1n) is 5.89. The molecular weight excluding hydrogens is 351 g/mol. The molecule has 0 bridgehead atoms. The van der Waals surface area contributed by atoms with Crippen molar-refractivity contribution in [2.24, 2.45) is 0 Å². The lowest BCUT2D eigenvalue weighted by atomic mass is 10.3. The van der Waals surface area contributed by atoms with Gasteiger partial charge < -0.3 is 11.1 Å². The zero-order valence-electron chi connectivity index (χ0n) is 10.7. The van der Waals surface area contributed by atoms with E-state index in [2.05, 4.69) is 5.32 Å². The largest absolute Gasteiger partial charge is 0.399 e. The van der Waals surface area contributed by atoms with E-state index in [1.807, 2.05) is 0 Å². The van der Waals surface area contributed by atoms with Crippen molar-refractivity contribution in [1.29, 1.82) is 0 Å². The van der Waals surface area contributed by atoms with Crippen molar-refractivity contribution in [2.45, 2.75) is 4.90 Å². The first-order chi connectivity index (χ1) is 9.97. The maximum atomic E-state index is 12.0. The summed E-state index contributed by atoms with van der Waals surface area (Å²) in [5.41, 5.74) is 6.61. The molecule has 3 N–H and O–H groups in total. The zero-order valence-corrected chi connectivity index (χ0v) is 13.8. The molecule has 0 aliphatic carbocycles. The Morgan fingerprint density at radius 1 is 1.10 bits per heavy atom. The summed E-state index contributed by atoms with van der Waals surface area (Å²) in [4.78, 5) is 12.7. The summed E-state index contributed by atoms with van der Waals surface area (Å²) < 4.78 is 0. The second kappa shape index (κ2) is 7.27. The molecule has 0 atom stereocenters. The van der Waals surface area contributed by atoms with Gasteiger partial charge in [0.15, 0.2) is 0 Å². The molecule has 0 unspecified atom stereocenters. The predicted octanol–water partition coefficient (Wildman–Crippen LogP) is 4.96. The maximum absolute atomic E-state index is 12.0. The topological polar surface area (TPSA) is 55.1 Å². The standard InChI is InChI=1S/C14H11Cl3N2OS/c15-9-2-1-3-10(16)14(9)19-13(20)7-21-12-5-4-8(18)6-11(12)17/h1-6H,7,18H2,(H,19,20). The van der Waals surface area contributed by atoms with E-state index in [4.69, 9.17) is 40.5 Å². The van der Waals surface area contributed by atoms with Crippen LogP contribution in [0.15, 0.2) is 41.3 Å². The van der Waals surface area contributed by atoms with Crippen molar-refractivity contribution in [3.05, 3.63) is 51.5 Å². The number of halogens is 3. The van der Waals surface area contributed by atoms with Crippen LogP contribution in [0.2, 0.25) is 15.1 Å². The van der Waals surface area contributed by atoms with Gasteiger partial charge in [0.05, 0.1) is 26.5 Å². The number of nitrogens with one attached hydrogen (secondary N) is 1. The number of rotatable bonds is 4. The van der Waals surface area contributed by atoms with E-state index in [-0.39, 0.29) is 11.7 Å². The average molecular weight is 362 g/mol. The van der Waals surface area contributed by atoms with E-state index >= 15 is 0 Å². The minimum Gasteiger partial charge on any atom is -0.399 e. The van der Waals surface area contributed by atoms with Crippen LogP contribution in [0.4, 0.5) is 11.4 Å². The molecular formula is C14H11Cl3N2OS. The van der Waals surface area contributed by atoms with Crippen LogP contribution < -0.4 is 11.1 Å². The fourth-order valence-electron chi connectivity index (χ4n) is 1.57. The van der Waals surface area contributed by atoms with Gasteiger partial charge in [0.25, 0.3) is 0 Å². The molecule has 0 radical (unpaired) electrons. The summed E-state index contributed by atoms with van der Waals surface area (Å²) >= 11 is 19.3. The number of benzene rings is 2. The Labute approximate surface area is 141 Å². The lowest BCUT2D eigenvalue weighted by molar-refractivity contribution is -0.113. The number of nitrogens with two attached hydrogens (primary N) is 1. The highest BCUT2D eigenvalue weighted by Crippen LogP contribution is 2.31. The molecule has 0 aromatic heterocycles. The third-order valence-electron chi connectivity index (χ3n) is 2.54. The highest BCUT2D eigenvalue weighted by atomic mass is 35.5. The molecule has 2 aromatic rings. The van der Waals surface area contributed by atoms with Crippen LogP contribution >= 0.6 is 46.6 Å². The lowest BCUT2D eigenvalue weighted by Gasteiger charge is -2.09. The minimum atomic E-state index is -0.220. The molecule has 0 saturated carbocycles. The van der Waals surface area contributed by atoms with E-state index in [0.29, 0.717) is 26.4 Å². The summed E-state index contributed by atoms with van der Waals surface area (Å²) in [6.45, 7) is 0. The van der Waals surface area contributed by atoms with E-state index < -0.39 is 0 Å². The van der Waals surface area contributed by atoms with Gasteiger partial charge in [0.1, 0.15) is 0 Å². The van der Waals surface area contributed by atoms with Gasteiger partial charge in [-0.3, -0.25) is 4.79 Å². The van der Waals surface area contributed by atoms with Crippen LogP contribution in [-0.4, -0.2) is 11.7 Å². The highest BCUT2D eigenvalue weighted by molar-refractivity contribution is 8.00. The third-order valence-corrected chi connectivity index (χ3v) is 4.67. The number of para-hydroxylation sites is 1. The van der Waals surface area contributed by atoms with Crippen molar-refractivity contribution >= 4 is 63.8 Å². The number of anilines is 2. The second-order valence-corrected chi connectivity index (χ2v) is 6.36. The molecule has 2 rings (SSSR count). The monoisotopic (exact) mass is 360 g/mol. The molecule has 0 fully saturated rings. The van der Waals surface area contributed by atoms with Crippen LogP contribution in [0.3, 0.4) is 0 Å². The normalized spacial score (nSPS) is 10.4. The molecule has 3 nitrogen and oxygen atoms in total. The fourth-order valence-corrected chi connectivity index (χ4v) is 3.13. The van der Waals surface area contributed by atoms with Crippen molar-refractivity contribution in [3.63, 3.8) is 0 Å². The first kappa shape index (κ1) is 16.3. The molecule has 2 aromatic carbocycles. The van der Waals surface area contributed by atoms with Crippen LogP contribution in [-0.2, 0) is 4.79 Å². The van der Waals surface area contributed by atoms with Crippen LogP contribution in [0, 0.1) is 0 Å². The second-order valence-electron chi connectivity index (χ2n) is 4.12. The number of thioether (sulfide) groups is 1. The maximum Gasteiger partial charge on any atom is 0.234 e. The van der Waals surface area contributed by atoms with Crippen molar-refractivity contribution in [3.8, 4) is 0 Å². The predicted molar refractivity (Wildman–Crippen MR) is 91.7 cm³/mol. The van der Waals surface area contributed by atoms with Crippen LogP contribution in [0.25, 0.3) is 0 Å². The van der Waals surface area contributed by atoms with E-state index in [0.717, 1.165) is 4.90 Å². The summed E-state index contributed by atoms with van der Waals surface area (Å²) in [6.07, 6.45) is 0. The first-order valence-corrected chi connectivity index (χ1v) is 8.01. The van der Waals surface area contributed by atoms with Gasteiger partial charge in [-0.25, -0.2) is 0 Å². The zero-order chi connectivity index (χ0) is 15.4. The van der Waals surface area contributed by atoms with E-state index in [1.165, 1.54) is 11.8 Å². The highest BCUT2D eigenvalue weighted by Gasteiger charge is 2.11. The summed E-state index contributed by atoms with van der Waals surface area (Å²) in [5, 5.41) is 3.99. The number of amides is 1. The smallest absolute Gasteiger partial charge is 0.234 e. The molecule has 7 heteroatoms. The number of nitrogen functional groups attached to an aromatic ring is 1. The van der Waals surface area contributed by atoms with E-state index in [9.17, 15) is 4.79 Å². The molecule has 0 spiro atoms. The quantitative estimate of drug-likeness (QED) is 0.598. The SMILES string of the molecule is Nc1ccc(SCC(=O)Nc2c(Cl)cccc2Cl)c(Cl)c1. The summed E-state index contributed by atoms with van der Waals surface area (Å²) in [6, 6.07) is 10.2. The van der Waals surface area contributed by atoms with Gasteiger partial charge in [-0.15, -0.1) is 11.8 Å². The molecule has 0 aliphatic heterocycles. The molecule has 0 heterocycles. The number of hydrogen-bond donors (Lipinski definition) is 2. The average Bonchev–Trinajstić information content (AvgIpc) is 2.42. The van der Waals surface area contributed by atoms with E-state index in [1.54, 1.807) is 36.4 Å². The Hall–Kier alpha value is -1.07. The number of carbonyl (C=O) groups is 1. The Kier molecular flexibility index (Phi) is 5.65. The summed E-state index contributed by atoms with van der Waals surface area (Å²) in [7, 11) is 0. The van der Waals surface area contributed by atoms with Gasteiger partial charge in [-0.05, 0) is 30.3 Å². The Balaban J connectivity index is 1.99. The summed E-state index contributed by atoms with van der Waals surface area (Å²) in [5.74, 6) is -0.0338. The van der Waals surface area contributed by atoms with Gasteiger partial charge >= 0.3 is 0 Å². The van der Waals surface area contributed by atoms with Crippen molar-refractivity contribution in [2.75, 3.05) is 16.8 Å². The molecule has 21 heavy (non-hydrogen) atoms. The van der Waals surface area contributed by atoms with Crippen LogP contribution in [0.5, 0.6) is 0 Å². The lowest BCUT2D eigenvalue weighted by Crippen LogP contribution is -2.14. The van der Waals surface area contributed by atoms with Crippen LogP contribution in [0.1, 0.15) is 0 Å². The van der Waals surface area contributed by atoms with Gasteiger partial charge in [-0.2, -0.15) is 0 Å². The van der Waals surface area contributed by atoms with Gasteiger partial charge in [-0.1, -0.05) is 40.9 Å². The molecule has 0 saturated heterocycles. The Bertz CT molecular complexity index is 659. The van der Waals surface area contributed by atoms with Crippen molar-refractivity contribution < 1.29 is 4.79 Å². The van der Waals surface area contributed by atoms with Gasteiger partial charge in [0.2, 0.25) is 5.91 Å². The minimum absolute atomic E-state index is 0.186. The fraction of sp³-hybridized carbons (Fsp3) is 0.0714.